The Kier molecular flexibility index (Phi) is 5.99. The van der Waals surface area contributed by atoms with Crippen LogP contribution in [0.15, 0.2) is 24.3 Å². The number of fused-ring (bicyclic) bond motifs is 1. The van der Waals surface area contributed by atoms with Crippen LogP contribution >= 0.6 is 12.4 Å². The van der Waals surface area contributed by atoms with Gasteiger partial charge in [0.2, 0.25) is 0 Å². The lowest BCUT2D eigenvalue weighted by Gasteiger charge is -2.28. The van der Waals surface area contributed by atoms with E-state index in [9.17, 15) is 4.79 Å². The van der Waals surface area contributed by atoms with Crippen LogP contribution in [0.25, 0.3) is 0 Å². The molecule has 2 aliphatic heterocycles. The highest BCUT2D eigenvalue weighted by Gasteiger charge is 2.24. The zero-order valence-electron chi connectivity index (χ0n) is 11.8. The number of carbonyl (C=O) groups excluding carboxylic acids is 1. The molecular formula is C15H21ClN2O3. The van der Waals surface area contributed by atoms with E-state index in [0.29, 0.717) is 26.4 Å². The van der Waals surface area contributed by atoms with Crippen molar-refractivity contribution in [3.8, 4) is 0 Å². The van der Waals surface area contributed by atoms with Gasteiger partial charge in [-0.2, -0.15) is 0 Å². The van der Waals surface area contributed by atoms with Gasteiger partial charge in [0, 0.05) is 12.6 Å². The fraction of sp³-hybridized carbons (Fsp3) is 0.533. The quantitative estimate of drug-likeness (QED) is 0.868. The second-order valence-electron chi connectivity index (χ2n) is 5.14. The first-order valence-corrected chi connectivity index (χ1v) is 7.13. The number of carbonyl (C=O) groups is 1. The number of rotatable bonds is 3. The van der Waals surface area contributed by atoms with Gasteiger partial charge < -0.3 is 20.1 Å². The lowest BCUT2D eigenvalue weighted by atomic mass is 9.94. The fourth-order valence-corrected chi connectivity index (χ4v) is 2.73. The van der Waals surface area contributed by atoms with Gasteiger partial charge in [-0.1, -0.05) is 24.3 Å². The normalized spacial score (nSPS) is 24.6. The topological polar surface area (TPSA) is 59.6 Å². The van der Waals surface area contributed by atoms with Gasteiger partial charge in [0.1, 0.15) is 0 Å². The number of hydrogen-bond acceptors (Lipinski definition) is 4. The Morgan fingerprint density at radius 1 is 1.33 bits per heavy atom. The third-order valence-corrected chi connectivity index (χ3v) is 3.80. The van der Waals surface area contributed by atoms with E-state index in [1.165, 1.54) is 11.1 Å². The number of benzene rings is 1. The maximum atomic E-state index is 12.0. The molecule has 0 aromatic heterocycles. The van der Waals surface area contributed by atoms with E-state index < -0.39 is 6.10 Å². The van der Waals surface area contributed by atoms with Crippen molar-refractivity contribution >= 4 is 18.3 Å². The van der Waals surface area contributed by atoms with E-state index in [1.54, 1.807) is 0 Å². The molecule has 2 unspecified atom stereocenters. The molecule has 2 heterocycles. The van der Waals surface area contributed by atoms with Gasteiger partial charge in [0.05, 0.1) is 19.8 Å². The van der Waals surface area contributed by atoms with Gasteiger partial charge in [0.15, 0.2) is 6.10 Å². The summed E-state index contributed by atoms with van der Waals surface area (Å²) in [5.74, 6) is -0.0884. The molecule has 5 nitrogen and oxygen atoms in total. The van der Waals surface area contributed by atoms with Crippen LogP contribution in [-0.4, -0.2) is 44.9 Å². The molecule has 0 saturated carbocycles. The van der Waals surface area contributed by atoms with Crippen molar-refractivity contribution in [3.63, 3.8) is 0 Å². The Bertz CT molecular complexity index is 478. The molecule has 2 atom stereocenters. The highest BCUT2D eigenvalue weighted by atomic mass is 35.5. The lowest BCUT2D eigenvalue weighted by molar-refractivity contribution is -0.147. The number of amides is 1. The number of hydrogen-bond donors (Lipinski definition) is 2. The maximum absolute atomic E-state index is 12.0. The second kappa shape index (κ2) is 7.75. The van der Waals surface area contributed by atoms with Crippen LogP contribution in [0.1, 0.15) is 17.2 Å². The van der Waals surface area contributed by atoms with Crippen molar-refractivity contribution in [1.29, 1.82) is 0 Å². The van der Waals surface area contributed by atoms with Crippen LogP contribution in [0.2, 0.25) is 0 Å². The van der Waals surface area contributed by atoms with Crippen LogP contribution < -0.4 is 10.6 Å². The van der Waals surface area contributed by atoms with E-state index >= 15 is 0 Å². The first-order chi connectivity index (χ1) is 9.84. The summed E-state index contributed by atoms with van der Waals surface area (Å²) in [6.45, 7) is 2.93. The molecule has 1 fully saturated rings. The summed E-state index contributed by atoms with van der Waals surface area (Å²) < 4.78 is 10.6. The van der Waals surface area contributed by atoms with Gasteiger partial charge in [-0.05, 0) is 24.1 Å². The summed E-state index contributed by atoms with van der Waals surface area (Å²) in [4.78, 5) is 12.0. The highest BCUT2D eigenvalue weighted by Crippen LogP contribution is 2.21. The van der Waals surface area contributed by atoms with E-state index in [-0.39, 0.29) is 24.4 Å². The number of nitrogens with one attached hydrogen (secondary N) is 2. The van der Waals surface area contributed by atoms with Crippen molar-refractivity contribution in [2.75, 3.05) is 32.9 Å². The standard InChI is InChI=1S/C15H20N2O3.ClH/c18-15(14-10-19-7-8-20-14)17-9-13-12-4-2-1-3-11(12)5-6-16-13;/h1-4,13-14,16H,5-10H2,(H,17,18);1H. The predicted molar refractivity (Wildman–Crippen MR) is 81.7 cm³/mol. The summed E-state index contributed by atoms with van der Waals surface area (Å²) in [6.07, 6.45) is 0.572. The first-order valence-electron chi connectivity index (χ1n) is 7.13. The molecule has 1 saturated heterocycles. The predicted octanol–water partition coefficient (Wildman–Crippen LogP) is 0.827. The molecule has 0 spiro atoms. The van der Waals surface area contributed by atoms with Crippen LogP contribution in [-0.2, 0) is 20.7 Å². The molecule has 1 aromatic carbocycles. The van der Waals surface area contributed by atoms with Crippen LogP contribution in [0.4, 0.5) is 0 Å². The molecule has 0 aliphatic carbocycles. The summed E-state index contributed by atoms with van der Waals surface area (Å²) in [7, 11) is 0. The Morgan fingerprint density at radius 3 is 3.00 bits per heavy atom. The van der Waals surface area contributed by atoms with Gasteiger partial charge in [0.25, 0.3) is 5.91 Å². The minimum atomic E-state index is -0.470. The zero-order valence-corrected chi connectivity index (χ0v) is 12.7. The van der Waals surface area contributed by atoms with Gasteiger partial charge in [-0.15, -0.1) is 12.4 Å². The van der Waals surface area contributed by atoms with E-state index in [0.717, 1.165) is 13.0 Å². The van der Waals surface area contributed by atoms with E-state index in [4.69, 9.17) is 9.47 Å². The Hall–Kier alpha value is -1.14. The zero-order chi connectivity index (χ0) is 13.8. The Labute approximate surface area is 130 Å². The first kappa shape index (κ1) is 16.2. The average Bonchev–Trinajstić information content (AvgIpc) is 2.53. The van der Waals surface area contributed by atoms with Gasteiger partial charge >= 0.3 is 0 Å². The summed E-state index contributed by atoms with van der Waals surface area (Å²) in [6, 6.07) is 8.56. The molecule has 0 bridgehead atoms. The fourth-order valence-electron chi connectivity index (χ4n) is 2.73. The van der Waals surface area contributed by atoms with Crippen molar-refractivity contribution in [2.24, 2.45) is 0 Å². The molecule has 3 rings (SSSR count). The average molecular weight is 313 g/mol. The molecule has 1 aromatic rings. The van der Waals surface area contributed by atoms with Crippen molar-refractivity contribution < 1.29 is 14.3 Å². The Balaban J connectivity index is 0.00000161. The molecule has 6 heteroatoms. The van der Waals surface area contributed by atoms with Crippen molar-refractivity contribution in [1.82, 2.24) is 10.6 Å². The second-order valence-corrected chi connectivity index (χ2v) is 5.14. The van der Waals surface area contributed by atoms with Crippen LogP contribution in [0.3, 0.4) is 0 Å². The Morgan fingerprint density at radius 2 is 2.19 bits per heavy atom. The lowest BCUT2D eigenvalue weighted by Crippen LogP contribution is -2.46. The SMILES string of the molecule is Cl.O=C(NCC1NCCc2ccccc21)C1COCCO1. The summed E-state index contributed by atoms with van der Waals surface area (Å²) >= 11 is 0. The molecule has 1 amide bonds. The van der Waals surface area contributed by atoms with Gasteiger partial charge in [-0.25, -0.2) is 0 Å². The summed E-state index contributed by atoms with van der Waals surface area (Å²) in [5.41, 5.74) is 2.64. The summed E-state index contributed by atoms with van der Waals surface area (Å²) in [5, 5.41) is 6.40. The maximum Gasteiger partial charge on any atom is 0.251 e. The van der Waals surface area contributed by atoms with E-state index in [2.05, 4.69) is 28.8 Å². The minimum absolute atomic E-state index is 0. The monoisotopic (exact) mass is 312 g/mol. The molecule has 0 radical (unpaired) electrons. The smallest absolute Gasteiger partial charge is 0.251 e. The minimum Gasteiger partial charge on any atom is -0.376 e. The van der Waals surface area contributed by atoms with Crippen LogP contribution in [0.5, 0.6) is 0 Å². The molecule has 116 valence electrons. The van der Waals surface area contributed by atoms with Crippen LogP contribution in [0, 0.1) is 0 Å². The highest BCUT2D eigenvalue weighted by molar-refractivity contribution is 5.85. The van der Waals surface area contributed by atoms with Crippen molar-refractivity contribution in [2.45, 2.75) is 18.6 Å². The largest absolute Gasteiger partial charge is 0.376 e. The molecular weight excluding hydrogens is 292 g/mol. The molecule has 21 heavy (non-hydrogen) atoms. The van der Waals surface area contributed by atoms with Gasteiger partial charge in [-0.3, -0.25) is 4.79 Å². The third kappa shape index (κ3) is 3.95. The number of halogens is 1. The third-order valence-electron chi connectivity index (χ3n) is 3.80. The van der Waals surface area contributed by atoms with Crippen molar-refractivity contribution in [3.05, 3.63) is 35.4 Å². The number of ether oxygens (including phenoxy) is 2. The van der Waals surface area contributed by atoms with E-state index in [1.807, 2.05) is 6.07 Å². The molecule has 2 N–H and O–H groups in total. The molecule has 2 aliphatic rings.